The Morgan fingerprint density at radius 1 is 1.15 bits per heavy atom. The fourth-order valence-electron chi connectivity index (χ4n) is 2.06. The first kappa shape index (κ1) is 15.0. The van der Waals surface area contributed by atoms with E-state index >= 15 is 0 Å². The average molecular weight is 337 g/mol. The van der Waals surface area contributed by atoms with Crippen LogP contribution < -0.4 is 10.6 Å². The van der Waals surface area contributed by atoms with Crippen molar-refractivity contribution in [3.63, 3.8) is 0 Å². The third-order valence-corrected chi connectivity index (χ3v) is 3.79. The summed E-state index contributed by atoms with van der Waals surface area (Å²) in [5.74, 6) is -0.222. The van der Waals surface area contributed by atoms with Crippen LogP contribution >= 0.6 is 15.9 Å². The molecule has 2 N–H and O–H groups in total. The van der Waals surface area contributed by atoms with Crippen LogP contribution in [0.2, 0.25) is 0 Å². The quantitative estimate of drug-likeness (QED) is 0.917. The molecule has 0 bridgehead atoms. The lowest BCUT2D eigenvalue weighted by molar-refractivity contribution is 0.592. The molecule has 2 aromatic carbocycles. The molecule has 2 nitrogen and oxygen atoms in total. The van der Waals surface area contributed by atoms with Crippen LogP contribution in [0.3, 0.4) is 0 Å². The van der Waals surface area contributed by atoms with Crippen LogP contribution in [0, 0.1) is 5.82 Å². The summed E-state index contributed by atoms with van der Waals surface area (Å²) in [5, 5.41) is 0. The number of hydrogen-bond donors (Lipinski definition) is 1. The van der Waals surface area contributed by atoms with E-state index in [1.54, 1.807) is 6.07 Å². The predicted octanol–water partition coefficient (Wildman–Crippen LogP) is 3.90. The molecule has 0 aliphatic heterocycles. The molecule has 0 heterocycles. The van der Waals surface area contributed by atoms with Gasteiger partial charge in [-0.15, -0.1) is 0 Å². The standard InChI is InChI=1S/C16H18BrFN2/c1-20(2)14-7-4-11(5-8-14)16(19)9-12-3-6-13(17)10-15(12)18/h3-8,10,16H,9,19H2,1-2H3. The molecule has 0 aliphatic rings. The maximum absolute atomic E-state index is 13.8. The Labute approximate surface area is 127 Å². The molecule has 2 aromatic rings. The van der Waals surface area contributed by atoms with E-state index in [-0.39, 0.29) is 11.9 Å². The highest BCUT2D eigenvalue weighted by Crippen LogP contribution is 2.22. The second-order valence-corrected chi connectivity index (χ2v) is 5.95. The van der Waals surface area contributed by atoms with Gasteiger partial charge in [-0.05, 0) is 41.8 Å². The van der Waals surface area contributed by atoms with E-state index in [0.29, 0.717) is 12.0 Å². The molecule has 20 heavy (non-hydrogen) atoms. The van der Waals surface area contributed by atoms with Gasteiger partial charge in [-0.2, -0.15) is 0 Å². The van der Waals surface area contributed by atoms with Gasteiger partial charge in [0, 0.05) is 30.3 Å². The van der Waals surface area contributed by atoms with Crippen molar-refractivity contribution >= 4 is 21.6 Å². The number of nitrogens with two attached hydrogens (primary N) is 1. The summed E-state index contributed by atoms with van der Waals surface area (Å²) in [6.45, 7) is 0. The topological polar surface area (TPSA) is 29.3 Å². The normalized spacial score (nSPS) is 12.2. The zero-order chi connectivity index (χ0) is 14.7. The summed E-state index contributed by atoms with van der Waals surface area (Å²) in [6.07, 6.45) is 0.487. The molecule has 4 heteroatoms. The maximum atomic E-state index is 13.8. The monoisotopic (exact) mass is 336 g/mol. The lowest BCUT2D eigenvalue weighted by Gasteiger charge is -2.16. The molecule has 0 saturated heterocycles. The number of hydrogen-bond acceptors (Lipinski definition) is 2. The first-order chi connectivity index (χ1) is 9.47. The Morgan fingerprint density at radius 2 is 1.80 bits per heavy atom. The fraction of sp³-hybridized carbons (Fsp3) is 0.250. The summed E-state index contributed by atoms with van der Waals surface area (Å²) in [7, 11) is 3.98. The van der Waals surface area contributed by atoms with Gasteiger partial charge in [0.05, 0.1) is 0 Å². The van der Waals surface area contributed by atoms with Crippen LogP contribution in [0.25, 0.3) is 0 Å². The van der Waals surface area contributed by atoms with Crippen LogP contribution in [0.5, 0.6) is 0 Å². The minimum atomic E-state index is -0.222. The van der Waals surface area contributed by atoms with Gasteiger partial charge in [-0.25, -0.2) is 4.39 Å². The largest absolute Gasteiger partial charge is 0.378 e. The summed E-state index contributed by atoms with van der Waals surface area (Å²) >= 11 is 3.25. The number of benzene rings is 2. The van der Waals surface area contributed by atoms with E-state index in [4.69, 9.17) is 5.73 Å². The maximum Gasteiger partial charge on any atom is 0.127 e. The number of anilines is 1. The first-order valence-corrected chi connectivity index (χ1v) is 7.23. The molecule has 1 atom stereocenters. The minimum absolute atomic E-state index is 0.207. The molecule has 106 valence electrons. The van der Waals surface area contributed by atoms with Gasteiger partial charge < -0.3 is 10.6 Å². The second-order valence-electron chi connectivity index (χ2n) is 5.03. The molecule has 0 spiro atoms. The van der Waals surface area contributed by atoms with Crippen LogP contribution in [0.15, 0.2) is 46.9 Å². The number of rotatable bonds is 4. The van der Waals surface area contributed by atoms with Gasteiger partial charge in [-0.3, -0.25) is 0 Å². The van der Waals surface area contributed by atoms with E-state index in [1.165, 1.54) is 6.07 Å². The van der Waals surface area contributed by atoms with Crippen LogP contribution in [-0.2, 0) is 6.42 Å². The predicted molar refractivity (Wildman–Crippen MR) is 85.5 cm³/mol. The van der Waals surface area contributed by atoms with E-state index in [2.05, 4.69) is 15.9 Å². The minimum Gasteiger partial charge on any atom is -0.378 e. The van der Waals surface area contributed by atoms with Crippen LogP contribution in [-0.4, -0.2) is 14.1 Å². The van der Waals surface area contributed by atoms with Crippen molar-refractivity contribution in [2.45, 2.75) is 12.5 Å². The van der Waals surface area contributed by atoms with Crippen molar-refractivity contribution in [2.24, 2.45) is 5.73 Å². The van der Waals surface area contributed by atoms with E-state index in [1.807, 2.05) is 49.3 Å². The summed E-state index contributed by atoms with van der Waals surface area (Å²) in [6, 6.07) is 12.9. The van der Waals surface area contributed by atoms with E-state index < -0.39 is 0 Å². The highest BCUT2D eigenvalue weighted by Gasteiger charge is 2.11. The van der Waals surface area contributed by atoms with Crippen molar-refractivity contribution in [1.82, 2.24) is 0 Å². The number of nitrogens with zero attached hydrogens (tertiary/aromatic N) is 1. The number of halogens is 2. The molecular weight excluding hydrogens is 319 g/mol. The summed E-state index contributed by atoms with van der Waals surface area (Å²) < 4.78 is 14.5. The van der Waals surface area contributed by atoms with Crippen molar-refractivity contribution < 1.29 is 4.39 Å². The van der Waals surface area contributed by atoms with Crippen LogP contribution in [0.4, 0.5) is 10.1 Å². The third-order valence-electron chi connectivity index (χ3n) is 3.29. The Bertz CT molecular complexity index is 582. The molecule has 1 unspecified atom stereocenters. The molecule has 0 saturated carbocycles. The molecular formula is C16H18BrFN2. The first-order valence-electron chi connectivity index (χ1n) is 6.44. The third kappa shape index (κ3) is 3.58. The van der Waals surface area contributed by atoms with Crippen molar-refractivity contribution in [1.29, 1.82) is 0 Å². The van der Waals surface area contributed by atoms with Crippen molar-refractivity contribution in [3.8, 4) is 0 Å². The van der Waals surface area contributed by atoms with Gasteiger partial charge in [0.25, 0.3) is 0 Å². The molecule has 0 aromatic heterocycles. The van der Waals surface area contributed by atoms with Gasteiger partial charge in [0.1, 0.15) is 5.82 Å². The molecule has 0 fully saturated rings. The van der Waals surface area contributed by atoms with Crippen LogP contribution in [0.1, 0.15) is 17.2 Å². The van der Waals surface area contributed by atoms with Gasteiger partial charge in [-0.1, -0.05) is 34.1 Å². The Kier molecular flexibility index (Phi) is 4.78. The van der Waals surface area contributed by atoms with Crippen molar-refractivity contribution in [3.05, 3.63) is 63.9 Å². The van der Waals surface area contributed by atoms with Gasteiger partial charge in [0.15, 0.2) is 0 Å². The Balaban J connectivity index is 2.13. The fourth-order valence-corrected chi connectivity index (χ4v) is 2.39. The molecule has 2 rings (SSSR count). The zero-order valence-corrected chi connectivity index (χ0v) is 13.2. The SMILES string of the molecule is CN(C)c1ccc(C(N)Cc2ccc(Br)cc2F)cc1. The second kappa shape index (κ2) is 6.37. The Hall–Kier alpha value is -1.39. The molecule has 0 aliphatic carbocycles. The average Bonchev–Trinajstić information content (AvgIpc) is 2.42. The van der Waals surface area contributed by atoms with Crippen molar-refractivity contribution in [2.75, 3.05) is 19.0 Å². The highest BCUT2D eigenvalue weighted by molar-refractivity contribution is 9.10. The van der Waals surface area contributed by atoms with E-state index in [9.17, 15) is 4.39 Å². The van der Waals surface area contributed by atoms with Gasteiger partial charge >= 0.3 is 0 Å². The smallest absolute Gasteiger partial charge is 0.127 e. The highest BCUT2D eigenvalue weighted by atomic mass is 79.9. The summed E-state index contributed by atoms with van der Waals surface area (Å²) in [4.78, 5) is 2.03. The van der Waals surface area contributed by atoms with E-state index in [0.717, 1.165) is 15.7 Å². The van der Waals surface area contributed by atoms with Gasteiger partial charge in [0.2, 0.25) is 0 Å². The summed E-state index contributed by atoms with van der Waals surface area (Å²) in [5.41, 5.74) is 8.94. The lowest BCUT2D eigenvalue weighted by atomic mass is 9.99. The zero-order valence-electron chi connectivity index (χ0n) is 11.6. The molecule has 0 amide bonds. The Morgan fingerprint density at radius 3 is 2.35 bits per heavy atom. The lowest BCUT2D eigenvalue weighted by Crippen LogP contribution is -2.15. The molecule has 0 radical (unpaired) electrons.